The van der Waals surface area contributed by atoms with Crippen LogP contribution in [0.4, 0.5) is 5.69 Å². The molecular weight excluding hydrogens is 286 g/mol. The third-order valence-electron chi connectivity index (χ3n) is 3.46. The second kappa shape index (κ2) is 7.65. The molecule has 21 heavy (non-hydrogen) atoms. The topological polar surface area (TPSA) is 77.2 Å². The second-order valence-corrected chi connectivity index (χ2v) is 5.36. The summed E-state index contributed by atoms with van der Waals surface area (Å²) in [6.45, 7) is 1.75. The number of rotatable bonds is 3. The molecule has 1 aromatic rings. The van der Waals surface area contributed by atoms with Gasteiger partial charge in [0.15, 0.2) is 0 Å². The zero-order valence-electron chi connectivity index (χ0n) is 11.8. The summed E-state index contributed by atoms with van der Waals surface area (Å²) in [5, 5.41) is 13.9. The van der Waals surface area contributed by atoms with Crippen LogP contribution < -0.4 is 11.2 Å². The summed E-state index contributed by atoms with van der Waals surface area (Å²) in [4.78, 5) is 0. The Kier molecular flexibility index (Phi) is 5.59. The Balaban J connectivity index is 2.18. The van der Waals surface area contributed by atoms with Crippen molar-refractivity contribution in [3.05, 3.63) is 29.3 Å². The van der Waals surface area contributed by atoms with Crippen molar-refractivity contribution in [2.24, 2.45) is 10.8 Å². The van der Waals surface area contributed by atoms with Crippen LogP contribution in [0.25, 0.3) is 0 Å². The van der Waals surface area contributed by atoms with E-state index in [1.165, 1.54) is 12.8 Å². The van der Waals surface area contributed by atoms with Gasteiger partial charge in [0.2, 0.25) is 5.71 Å². The zero-order chi connectivity index (χ0) is 15.1. The summed E-state index contributed by atoms with van der Waals surface area (Å²) in [5.74, 6) is 0.430. The van der Waals surface area contributed by atoms with E-state index in [0.717, 1.165) is 25.9 Å². The maximum Gasteiger partial charge on any atom is 0.306 e. The number of nitrogens with zero attached hydrogens (tertiary/aromatic N) is 3. The van der Waals surface area contributed by atoms with Crippen molar-refractivity contribution in [3.63, 3.8) is 0 Å². The molecule has 1 fully saturated rings. The first kappa shape index (κ1) is 15.3. The Hall–Kier alpha value is -2.06. The lowest BCUT2D eigenvalue weighted by atomic mass is 10.2. The first-order valence-corrected chi connectivity index (χ1v) is 7.46. The molecule has 5 nitrogen and oxygen atoms in total. The Morgan fingerprint density at radius 2 is 1.90 bits per heavy atom. The molecule has 0 bridgehead atoms. The number of hydrazone groups is 1. The number of para-hydroxylation sites is 1. The van der Waals surface area contributed by atoms with Gasteiger partial charge in [0, 0.05) is 0 Å². The largest absolute Gasteiger partial charge is 0.306 e. The molecule has 0 radical (unpaired) electrons. The van der Waals surface area contributed by atoms with Crippen molar-refractivity contribution in [2.45, 2.75) is 25.7 Å². The second-order valence-electron chi connectivity index (χ2n) is 4.95. The van der Waals surface area contributed by atoms with E-state index in [1.54, 1.807) is 12.1 Å². The average molecular weight is 305 g/mol. The van der Waals surface area contributed by atoms with Crippen LogP contribution in [0, 0.1) is 11.3 Å². The quantitative estimate of drug-likeness (QED) is 0.390. The zero-order valence-corrected chi connectivity index (χ0v) is 12.6. The molecule has 0 aromatic heterocycles. The molecule has 6 heteroatoms. The van der Waals surface area contributed by atoms with Crippen LogP contribution >= 0.6 is 11.6 Å². The summed E-state index contributed by atoms with van der Waals surface area (Å²) in [5.41, 5.74) is 9.74. The highest BCUT2D eigenvalue weighted by Gasteiger charge is 2.18. The molecule has 3 N–H and O–H groups in total. The molecule has 0 amide bonds. The smallest absolute Gasteiger partial charge is 0.285 e. The molecule has 0 unspecified atom stereocenters. The molecule has 0 saturated carbocycles. The van der Waals surface area contributed by atoms with Gasteiger partial charge < -0.3 is 0 Å². The number of hydrogen-bond acceptors (Lipinski definition) is 3. The summed E-state index contributed by atoms with van der Waals surface area (Å²) in [7, 11) is 0. The third kappa shape index (κ3) is 4.20. The van der Waals surface area contributed by atoms with E-state index < -0.39 is 0 Å². The Labute approximate surface area is 129 Å². The van der Waals surface area contributed by atoms with Crippen molar-refractivity contribution in [1.29, 1.82) is 5.26 Å². The van der Waals surface area contributed by atoms with Crippen LogP contribution in [0.1, 0.15) is 25.7 Å². The van der Waals surface area contributed by atoms with Crippen molar-refractivity contribution in [1.82, 2.24) is 0 Å². The van der Waals surface area contributed by atoms with Crippen molar-refractivity contribution in [2.75, 3.05) is 18.5 Å². The van der Waals surface area contributed by atoms with Gasteiger partial charge in [-0.3, -0.25) is 15.7 Å². The molecule has 0 atom stereocenters. The highest BCUT2D eigenvalue weighted by Crippen LogP contribution is 2.20. The van der Waals surface area contributed by atoms with Crippen LogP contribution in [-0.4, -0.2) is 29.2 Å². The molecule has 1 aliphatic heterocycles. The van der Waals surface area contributed by atoms with Gasteiger partial charge in [-0.1, -0.05) is 23.7 Å². The van der Waals surface area contributed by atoms with Gasteiger partial charge >= 0.3 is 5.84 Å². The number of halogens is 1. The van der Waals surface area contributed by atoms with Crippen LogP contribution in [0.15, 0.2) is 29.4 Å². The van der Waals surface area contributed by atoms with Gasteiger partial charge in [0.1, 0.15) is 6.07 Å². The van der Waals surface area contributed by atoms with Crippen LogP contribution in [0.3, 0.4) is 0 Å². The number of nitrogens with one attached hydrogen (secondary N) is 1. The molecule has 2 rings (SSSR count). The van der Waals surface area contributed by atoms with E-state index in [4.69, 9.17) is 17.3 Å². The van der Waals surface area contributed by atoms with E-state index >= 15 is 0 Å². The number of amidine groups is 1. The first-order chi connectivity index (χ1) is 10.2. The molecule has 1 aliphatic rings. The normalized spacial score (nSPS) is 16.0. The third-order valence-corrected chi connectivity index (χ3v) is 3.79. The lowest BCUT2D eigenvalue weighted by molar-refractivity contribution is -0.525. The minimum atomic E-state index is 0.191. The highest BCUT2D eigenvalue weighted by atomic mass is 35.5. The lowest BCUT2D eigenvalue weighted by Crippen LogP contribution is -2.36. The molecule has 110 valence electrons. The average Bonchev–Trinajstić information content (AvgIpc) is 2.78. The lowest BCUT2D eigenvalue weighted by Gasteiger charge is -2.06. The van der Waals surface area contributed by atoms with Gasteiger partial charge in [-0.15, -0.1) is 0 Å². The van der Waals surface area contributed by atoms with Gasteiger partial charge in [-0.25, -0.2) is 0 Å². The standard InChI is InChI=1S/C15H18ClN5/c16-12-7-3-4-8-13(12)19-20-14(11-17)15(18)21-9-5-1-2-6-10-21/h3-4,7-8H,1-2,5-6,9-10H2,(H2,18,19)/p+1. The Morgan fingerprint density at radius 1 is 1.24 bits per heavy atom. The number of benzene rings is 1. The van der Waals surface area contributed by atoms with Crippen LogP contribution in [-0.2, 0) is 0 Å². The fourth-order valence-electron chi connectivity index (χ4n) is 2.27. The van der Waals surface area contributed by atoms with Crippen LogP contribution in [0.5, 0.6) is 0 Å². The SMILES string of the molecule is N#C/C(=N/Nc1ccccc1Cl)C(N)=[N+]1CCCCCC1. The monoisotopic (exact) mass is 304 g/mol. The Morgan fingerprint density at radius 3 is 2.52 bits per heavy atom. The van der Waals surface area contributed by atoms with Gasteiger partial charge in [-0.05, 0) is 37.8 Å². The molecule has 1 saturated heterocycles. The van der Waals surface area contributed by atoms with E-state index in [2.05, 4.69) is 10.5 Å². The maximum absolute atomic E-state index is 9.26. The minimum Gasteiger partial charge on any atom is -0.285 e. The summed E-state index contributed by atoms with van der Waals surface area (Å²) in [6.07, 6.45) is 4.61. The Bertz CT molecular complexity index is 590. The van der Waals surface area contributed by atoms with E-state index in [9.17, 15) is 5.26 Å². The van der Waals surface area contributed by atoms with Crippen molar-refractivity contribution < 1.29 is 4.58 Å². The van der Waals surface area contributed by atoms with E-state index in [-0.39, 0.29) is 5.71 Å². The van der Waals surface area contributed by atoms with E-state index in [1.807, 2.05) is 22.8 Å². The predicted molar refractivity (Wildman–Crippen MR) is 85.8 cm³/mol. The number of hydrogen-bond donors (Lipinski definition) is 2. The molecule has 1 heterocycles. The fraction of sp³-hybridized carbons (Fsp3) is 0.400. The van der Waals surface area contributed by atoms with Crippen molar-refractivity contribution in [3.8, 4) is 6.07 Å². The van der Waals surface area contributed by atoms with E-state index in [0.29, 0.717) is 16.5 Å². The first-order valence-electron chi connectivity index (χ1n) is 7.08. The van der Waals surface area contributed by atoms with Crippen LogP contribution in [0.2, 0.25) is 5.02 Å². The minimum absolute atomic E-state index is 0.191. The van der Waals surface area contributed by atoms with Gasteiger partial charge in [-0.2, -0.15) is 10.4 Å². The molecule has 1 aromatic carbocycles. The summed E-state index contributed by atoms with van der Waals surface area (Å²) in [6, 6.07) is 9.28. The summed E-state index contributed by atoms with van der Waals surface area (Å²) >= 11 is 6.04. The number of nitriles is 1. The van der Waals surface area contributed by atoms with Gasteiger partial charge in [0.05, 0.1) is 23.8 Å². The molecule has 0 spiro atoms. The maximum atomic E-state index is 9.26. The molecule has 0 aliphatic carbocycles. The number of anilines is 1. The number of nitrogens with two attached hydrogens (primary N) is 1. The summed E-state index contributed by atoms with van der Waals surface area (Å²) < 4.78 is 2.03. The van der Waals surface area contributed by atoms with Crippen molar-refractivity contribution >= 4 is 28.8 Å². The highest BCUT2D eigenvalue weighted by molar-refractivity contribution is 6.45. The fourth-order valence-corrected chi connectivity index (χ4v) is 2.45. The van der Waals surface area contributed by atoms with Gasteiger partial charge in [0.25, 0.3) is 0 Å². The molecular formula is C15H19ClN5+. The predicted octanol–water partition coefficient (Wildman–Crippen LogP) is 2.58.